The summed E-state index contributed by atoms with van der Waals surface area (Å²) in [5.41, 5.74) is -2.85. The first-order chi connectivity index (χ1) is 13.1. The van der Waals surface area contributed by atoms with E-state index in [2.05, 4.69) is 0 Å². The maximum Gasteiger partial charge on any atom is 0.805 e. The van der Waals surface area contributed by atoms with Gasteiger partial charge in [0.2, 0.25) is 11.5 Å². The zero-order valence-electron chi connectivity index (χ0n) is 13.6. The van der Waals surface area contributed by atoms with Gasteiger partial charge in [-0.05, 0) is 24.3 Å². The molecule has 144 valence electrons. The fourth-order valence-corrected chi connectivity index (χ4v) is 2.85. The SMILES string of the molecule is O=C(O)c1cccc(O[P+](=O)Oc2cccc(C(=O)O)c2C(=O)O)c1C(=O)O. The highest BCUT2D eigenvalue weighted by molar-refractivity contribution is 7.34. The molecule has 0 saturated carbocycles. The first-order valence-electron chi connectivity index (χ1n) is 7.15. The van der Waals surface area contributed by atoms with E-state index in [0.717, 1.165) is 36.4 Å². The number of benzene rings is 2. The van der Waals surface area contributed by atoms with Crippen LogP contribution in [0, 0.1) is 0 Å². The summed E-state index contributed by atoms with van der Waals surface area (Å²) >= 11 is 0. The number of aromatic carboxylic acids is 4. The van der Waals surface area contributed by atoms with Crippen molar-refractivity contribution in [2.24, 2.45) is 0 Å². The van der Waals surface area contributed by atoms with Gasteiger partial charge >= 0.3 is 32.1 Å². The van der Waals surface area contributed by atoms with E-state index in [1.54, 1.807) is 0 Å². The number of rotatable bonds is 8. The third-order valence-corrected chi connectivity index (χ3v) is 3.98. The van der Waals surface area contributed by atoms with Crippen molar-refractivity contribution in [2.75, 3.05) is 0 Å². The van der Waals surface area contributed by atoms with Gasteiger partial charge in [-0.2, -0.15) is 0 Å². The maximum atomic E-state index is 12.1. The van der Waals surface area contributed by atoms with Crippen molar-refractivity contribution in [3.05, 3.63) is 58.7 Å². The highest BCUT2D eigenvalue weighted by Crippen LogP contribution is 2.36. The molecule has 0 saturated heterocycles. The van der Waals surface area contributed by atoms with Crippen molar-refractivity contribution in [2.45, 2.75) is 0 Å². The molecule has 0 fully saturated rings. The van der Waals surface area contributed by atoms with E-state index in [-0.39, 0.29) is 0 Å². The minimum Gasteiger partial charge on any atom is -0.478 e. The molecule has 0 aromatic heterocycles. The summed E-state index contributed by atoms with van der Waals surface area (Å²) in [6, 6.07) is 6.32. The lowest BCUT2D eigenvalue weighted by Crippen LogP contribution is -2.11. The van der Waals surface area contributed by atoms with Crippen LogP contribution in [0.4, 0.5) is 0 Å². The molecule has 0 radical (unpaired) electrons. The van der Waals surface area contributed by atoms with Gasteiger partial charge in [0.15, 0.2) is 0 Å². The Morgan fingerprint density at radius 2 is 1.00 bits per heavy atom. The second-order valence-corrected chi connectivity index (χ2v) is 5.80. The Morgan fingerprint density at radius 3 is 1.29 bits per heavy atom. The van der Waals surface area contributed by atoms with Crippen LogP contribution >= 0.6 is 8.25 Å². The van der Waals surface area contributed by atoms with E-state index >= 15 is 0 Å². The molecule has 0 aliphatic rings. The highest BCUT2D eigenvalue weighted by atomic mass is 31.1. The van der Waals surface area contributed by atoms with Crippen LogP contribution in [0.15, 0.2) is 36.4 Å². The summed E-state index contributed by atoms with van der Waals surface area (Å²) in [7, 11) is -3.24. The third kappa shape index (κ3) is 4.22. The molecule has 4 N–H and O–H groups in total. The average molecular weight is 409 g/mol. The van der Waals surface area contributed by atoms with Crippen molar-refractivity contribution in [1.29, 1.82) is 0 Å². The van der Waals surface area contributed by atoms with Crippen LogP contribution in [0.5, 0.6) is 11.5 Å². The van der Waals surface area contributed by atoms with Crippen LogP contribution in [0.1, 0.15) is 41.4 Å². The molecule has 2 aromatic carbocycles. The van der Waals surface area contributed by atoms with Gasteiger partial charge in [-0.3, -0.25) is 0 Å². The number of carbonyl (C=O) groups is 4. The maximum absolute atomic E-state index is 12.1. The Morgan fingerprint density at radius 1 is 0.643 bits per heavy atom. The number of carboxylic acid groups (broad SMARTS) is 4. The Labute approximate surface area is 156 Å². The van der Waals surface area contributed by atoms with Gasteiger partial charge < -0.3 is 20.4 Å². The Balaban J connectivity index is 2.39. The molecular formula is C16H10O11P+. The molecule has 0 unspecified atom stereocenters. The zero-order chi connectivity index (χ0) is 21.0. The molecule has 12 heteroatoms. The predicted octanol–water partition coefficient (Wildman–Crippen LogP) is 2.59. The van der Waals surface area contributed by atoms with Gasteiger partial charge in [0.05, 0.1) is 11.1 Å². The van der Waals surface area contributed by atoms with E-state index in [1.165, 1.54) is 0 Å². The molecule has 0 heterocycles. The van der Waals surface area contributed by atoms with Crippen LogP contribution in [0.3, 0.4) is 0 Å². The van der Waals surface area contributed by atoms with Crippen molar-refractivity contribution in [1.82, 2.24) is 0 Å². The topological polar surface area (TPSA) is 185 Å². The molecule has 11 nitrogen and oxygen atoms in total. The van der Waals surface area contributed by atoms with E-state index in [9.17, 15) is 34.0 Å². The summed E-state index contributed by atoms with van der Waals surface area (Å²) in [6.07, 6.45) is 0. The first-order valence-corrected chi connectivity index (χ1v) is 8.25. The molecule has 0 aliphatic heterocycles. The van der Waals surface area contributed by atoms with Crippen molar-refractivity contribution >= 4 is 32.1 Å². The lowest BCUT2D eigenvalue weighted by molar-refractivity contribution is 0.0648. The number of hydrogen-bond donors (Lipinski definition) is 4. The fraction of sp³-hybridized carbons (Fsp3) is 0. The molecule has 0 aliphatic carbocycles. The Kier molecular flexibility index (Phi) is 5.91. The van der Waals surface area contributed by atoms with Gasteiger partial charge in [0, 0.05) is 4.57 Å². The van der Waals surface area contributed by atoms with Gasteiger partial charge in [-0.1, -0.05) is 12.1 Å². The van der Waals surface area contributed by atoms with Crippen LogP contribution in [0.25, 0.3) is 0 Å². The van der Waals surface area contributed by atoms with Crippen LogP contribution in [-0.2, 0) is 4.57 Å². The van der Waals surface area contributed by atoms with Crippen molar-refractivity contribution in [3.63, 3.8) is 0 Å². The van der Waals surface area contributed by atoms with E-state index in [4.69, 9.17) is 19.3 Å². The van der Waals surface area contributed by atoms with Crippen LogP contribution in [-0.4, -0.2) is 44.3 Å². The highest BCUT2D eigenvalue weighted by Gasteiger charge is 2.33. The number of carboxylic acids is 4. The van der Waals surface area contributed by atoms with Crippen LogP contribution in [0.2, 0.25) is 0 Å². The second-order valence-electron chi connectivity index (χ2n) is 4.98. The first kappa shape index (κ1) is 20.3. The van der Waals surface area contributed by atoms with E-state index in [0.29, 0.717) is 0 Å². The third-order valence-electron chi connectivity index (χ3n) is 3.29. The molecular weight excluding hydrogens is 399 g/mol. The van der Waals surface area contributed by atoms with E-state index in [1.807, 2.05) is 0 Å². The molecule has 28 heavy (non-hydrogen) atoms. The minimum atomic E-state index is -3.24. The predicted molar refractivity (Wildman–Crippen MR) is 89.6 cm³/mol. The summed E-state index contributed by atoms with van der Waals surface area (Å²) in [5, 5.41) is 36.5. The molecule has 0 bridgehead atoms. The van der Waals surface area contributed by atoms with Gasteiger partial charge in [0.1, 0.15) is 11.1 Å². The molecule has 0 atom stereocenters. The molecule has 2 aromatic rings. The zero-order valence-corrected chi connectivity index (χ0v) is 14.5. The molecule has 0 spiro atoms. The normalized spacial score (nSPS) is 10.0. The monoisotopic (exact) mass is 409 g/mol. The van der Waals surface area contributed by atoms with Crippen molar-refractivity contribution in [3.8, 4) is 11.5 Å². The van der Waals surface area contributed by atoms with E-state index < -0.39 is 65.9 Å². The standard InChI is InChI=1S/C16H9O11P/c17-13(18)7-3-1-5-9(11(7)15(21)22)26-28(25)27-10-6-2-4-8(14(19)20)12(10)16(23)24/h1-6H,(H3-,17,18,19,20,21,22,23,24)/p+1. The average Bonchev–Trinajstić information content (AvgIpc) is 2.60. The quantitative estimate of drug-likeness (QED) is 0.470. The largest absolute Gasteiger partial charge is 0.805 e. The number of hydrogen-bond acceptors (Lipinski definition) is 7. The lowest BCUT2D eigenvalue weighted by Gasteiger charge is -2.05. The summed E-state index contributed by atoms with van der Waals surface area (Å²) in [5.74, 6) is -7.67. The lowest BCUT2D eigenvalue weighted by atomic mass is 10.1. The van der Waals surface area contributed by atoms with Gasteiger partial charge in [-0.15, -0.1) is 0 Å². The Bertz CT molecular complexity index is 932. The minimum absolute atomic E-state index is 0.597. The second kappa shape index (κ2) is 8.14. The molecule has 0 amide bonds. The van der Waals surface area contributed by atoms with Gasteiger partial charge in [-0.25, -0.2) is 28.2 Å². The fourth-order valence-electron chi connectivity index (χ4n) is 2.19. The van der Waals surface area contributed by atoms with Crippen molar-refractivity contribution < 1.29 is 53.2 Å². The smallest absolute Gasteiger partial charge is 0.478 e. The molecule has 2 rings (SSSR count). The van der Waals surface area contributed by atoms with Crippen LogP contribution < -0.4 is 9.05 Å². The summed E-state index contributed by atoms with van der Waals surface area (Å²) in [6.45, 7) is 0. The Hall–Kier alpha value is -3.98. The van der Waals surface area contributed by atoms with Gasteiger partial charge in [0.25, 0.3) is 0 Å². The summed E-state index contributed by atoms with van der Waals surface area (Å²) in [4.78, 5) is 44.9. The summed E-state index contributed by atoms with van der Waals surface area (Å²) < 4.78 is 21.8.